The molecule has 1 unspecified atom stereocenters. The molecule has 15 heavy (non-hydrogen) atoms. The summed E-state index contributed by atoms with van der Waals surface area (Å²) in [6.45, 7) is 3.53. The summed E-state index contributed by atoms with van der Waals surface area (Å²) in [5.74, 6) is -1.36. The highest BCUT2D eigenvalue weighted by atomic mass is 19.1. The zero-order valence-corrected chi connectivity index (χ0v) is 8.55. The second-order valence-electron chi connectivity index (χ2n) is 4.38. The molecule has 0 saturated heterocycles. The average Bonchev–Trinajstić information content (AvgIpc) is 1.97. The standard InChI is InChI=1S/C11H12F2O2/c1-11(2)5-8(14)10-7(13)3-6(12)4-9(10)15-11/h3-4,8,14H,5H2,1-2H3. The van der Waals surface area contributed by atoms with Gasteiger partial charge in [0.2, 0.25) is 0 Å². The fourth-order valence-corrected chi connectivity index (χ4v) is 1.88. The molecule has 0 aromatic heterocycles. The van der Waals surface area contributed by atoms with Gasteiger partial charge in [-0.05, 0) is 13.8 Å². The summed E-state index contributed by atoms with van der Waals surface area (Å²) in [5.41, 5.74) is -0.553. The van der Waals surface area contributed by atoms with Crippen molar-refractivity contribution in [1.29, 1.82) is 0 Å². The SMILES string of the molecule is CC1(C)CC(O)c2c(F)cc(F)cc2O1. The lowest BCUT2D eigenvalue weighted by Crippen LogP contribution is -2.35. The van der Waals surface area contributed by atoms with Gasteiger partial charge in [0, 0.05) is 18.6 Å². The van der Waals surface area contributed by atoms with Gasteiger partial charge in [-0.1, -0.05) is 0 Å². The number of hydrogen-bond donors (Lipinski definition) is 1. The Balaban J connectivity index is 2.55. The molecule has 1 aliphatic heterocycles. The molecule has 4 heteroatoms. The van der Waals surface area contributed by atoms with Crippen molar-refractivity contribution in [3.63, 3.8) is 0 Å². The summed E-state index contributed by atoms with van der Waals surface area (Å²) in [6, 6.07) is 1.85. The number of fused-ring (bicyclic) bond motifs is 1. The van der Waals surface area contributed by atoms with E-state index in [1.807, 2.05) is 0 Å². The molecule has 0 fully saturated rings. The summed E-state index contributed by atoms with van der Waals surface area (Å²) < 4.78 is 31.7. The Morgan fingerprint density at radius 1 is 1.40 bits per heavy atom. The first-order valence-electron chi connectivity index (χ1n) is 4.75. The van der Waals surface area contributed by atoms with Crippen molar-refractivity contribution < 1.29 is 18.6 Å². The summed E-state index contributed by atoms with van der Waals surface area (Å²) in [5, 5.41) is 9.73. The van der Waals surface area contributed by atoms with Gasteiger partial charge in [-0.2, -0.15) is 0 Å². The van der Waals surface area contributed by atoms with Crippen molar-refractivity contribution in [1.82, 2.24) is 0 Å². The molecule has 82 valence electrons. The highest BCUT2D eigenvalue weighted by molar-refractivity contribution is 5.39. The maximum atomic E-state index is 13.4. The van der Waals surface area contributed by atoms with Crippen LogP contribution in [0.4, 0.5) is 8.78 Å². The molecule has 0 amide bonds. The van der Waals surface area contributed by atoms with Gasteiger partial charge in [0.1, 0.15) is 23.0 Å². The Morgan fingerprint density at radius 3 is 2.73 bits per heavy atom. The fraction of sp³-hybridized carbons (Fsp3) is 0.455. The number of hydrogen-bond acceptors (Lipinski definition) is 2. The van der Waals surface area contributed by atoms with Crippen LogP contribution in [0.2, 0.25) is 0 Å². The highest BCUT2D eigenvalue weighted by Crippen LogP contribution is 2.40. The molecule has 0 bridgehead atoms. The Labute approximate surface area is 86.5 Å². The smallest absolute Gasteiger partial charge is 0.135 e. The van der Waals surface area contributed by atoms with Crippen LogP contribution in [0.5, 0.6) is 5.75 Å². The van der Waals surface area contributed by atoms with E-state index < -0.39 is 23.3 Å². The minimum absolute atomic E-state index is 0.0516. The van der Waals surface area contributed by atoms with E-state index in [1.54, 1.807) is 13.8 Å². The lowest BCUT2D eigenvalue weighted by Gasteiger charge is -2.35. The van der Waals surface area contributed by atoms with Crippen molar-refractivity contribution in [2.75, 3.05) is 0 Å². The van der Waals surface area contributed by atoms with E-state index in [9.17, 15) is 13.9 Å². The first-order valence-corrected chi connectivity index (χ1v) is 4.75. The van der Waals surface area contributed by atoms with Gasteiger partial charge in [-0.25, -0.2) is 8.78 Å². The van der Waals surface area contributed by atoms with E-state index in [0.29, 0.717) is 6.42 Å². The number of aliphatic hydroxyl groups excluding tert-OH is 1. The normalized spacial score (nSPS) is 23.1. The zero-order chi connectivity index (χ0) is 11.2. The molecule has 1 aromatic rings. The quantitative estimate of drug-likeness (QED) is 0.719. The molecule has 0 spiro atoms. The van der Waals surface area contributed by atoms with E-state index in [2.05, 4.69) is 0 Å². The largest absolute Gasteiger partial charge is 0.487 e. The topological polar surface area (TPSA) is 29.5 Å². The minimum atomic E-state index is -0.940. The number of ether oxygens (including phenoxy) is 1. The molecule has 1 N–H and O–H groups in total. The molecule has 0 saturated carbocycles. The van der Waals surface area contributed by atoms with Crippen LogP contribution in [0, 0.1) is 11.6 Å². The van der Waals surface area contributed by atoms with Crippen molar-refractivity contribution in [2.24, 2.45) is 0 Å². The lowest BCUT2D eigenvalue weighted by atomic mass is 9.91. The van der Waals surface area contributed by atoms with Crippen LogP contribution in [0.25, 0.3) is 0 Å². The van der Waals surface area contributed by atoms with Gasteiger partial charge < -0.3 is 9.84 Å². The third-order valence-corrected chi connectivity index (χ3v) is 2.46. The second-order valence-corrected chi connectivity index (χ2v) is 4.38. The van der Waals surface area contributed by atoms with Crippen molar-refractivity contribution in [3.05, 3.63) is 29.3 Å². The molecule has 1 atom stereocenters. The van der Waals surface area contributed by atoms with Gasteiger partial charge in [-0.3, -0.25) is 0 Å². The molecule has 2 nitrogen and oxygen atoms in total. The third kappa shape index (κ3) is 1.81. The van der Waals surface area contributed by atoms with E-state index in [1.165, 1.54) is 0 Å². The van der Waals surface area contributed by atoms with Gasteiger partial charge in [-0.15, -0.1) is 0 Å². The van der Waals surface area contributed by atoms with E-state index in [-0.39, 0.29) is 11.3 Å². The van der Waals surface area contributed by atoms with Gasteiger partial charge in [0.15, 0.2) is 0 Å². The van der Waals surface area contributed by atoms with Crippen LogP contribution < -0.4 is 4.74 Å². The summed E-state index contributed by atoms with van der Waals surface area (Å²) in [4.78, 5) is 0. The molecular formula is C11H12F2O2. The van der Waals surface area contributed by atoms with Gasteiger partial charge >= 0.3 is 0 Å². The molecule has 1 aliphatic rings. The van der Waals surface area contributed by atoms with Crippen LogP contribution in [-0.2, 0) is 0 Å². The first kappa shape index (κ1) is 10.4. The summed E-state index contributed by atoms with van der Waals surface area (Å²) >= 11 is 0. The van der Waals surface area contributed by atoms with Crippen LogP contribution in [0.15, 0.2) is 12.1 Å². The van der Waals surface area contributed by atoms with E-state index in [0.717, 1.165) is 12.1 Å². The summed E-state index contributed by atoms with van der Waals surface area (Å²) in [7, 11) is 0. The van der Waals surface area contributed by atoms with Crippen LogP contribution >= 0.6 is 0 Å². The number of benzene rings is 1. The number of halogens is 2. The molecule has 1 heterocycles. The zero-order valence-electron chi connectivity index (χ0n) is 8.55. The average molecular weight is 214 g/mol. The highest BCUT2D eigenvalue weighted by Gasteiger charge is 2.35. The monoisotopic (exact) mass is 214 g/mol. The molecule has 0 radical (unpaired) electrons. The van der Waals surface area contributed by atoms with Crippen LogP contribution in [-0.4, -0.2) is 10.7 Å². The Hall–Kier alpha value is -1.16. The second kappa shape index (κ2) is 3.17. The van der Waals surface area contributed by atoms with Crippen molar-refractivity contribution >= 4 is 0 Å². The van der Waals surface area contributed by atoms with Gasteiger partial charge in [0.05, 0.1) is 11.7 Å². The third-order valence-electron chi connectivity index (χ3n) is 2.46. The Bertz CT molecular complexity index is 402. The number of rotatable bonds is 0. The molecule has 2 rings (SSSR count). The lowest BCUT2D eigenvalue weighted by molar-refractivity contribution is 0.00879. The molecular weight excluding hydrogens is 202 g/mol. The van der Waals surface area contributed by atoms with Crippen LogP contribution in [0.1, 0.15) is 31.9 Å². The number of aliphatic hydroxyl groups is 1. The summed E-state index contributed by atoms with van der Waals surface area (Å²) in [6.07, 6.45) is -0.646. The van der Waals surface area contributed by atoms with Crippen LogP contribution in [0.3, 0.4) is 0 Å². The minimum Gasteiger partial charge on any atom is -0.487 e. The Morgan fingerprint density at radius 2 is 2.07 bits per heavy atom. The van der Waals surface area contributed by atoms with Crippen molar-refractivity contribution in [3.8, 4) is 5.75 Å². The maximum Gasteiger partial charge on any atom is 0.135 e. The van der Waals surface area contributed by atoms with Crippen molar-refractivity contribution in [2.45, 2.75) is 32.0 Å². The molecule has 0 aliphatic carbocycles. The van der Waals surface area contributed by atoms with E-state index in [4.69, 9.17) is 4.74 Å². The molecule has 1 aromatic carbocycles. The predicted octanol–water partition coefficient (Wildman–Crippen LogP) is 2.56. The van der Waals surface area contributed by atoms with E-state index >= 15 is 0 Å². The van der Waals surface area contributed by atoms with Gasteiger partial charge in [0.25, 0.3) is 0 Å². The fourth-order valence-electron chi connectivity index (χ4n) is 1.88. The Kier molecular flexibility index (Phi) is 2.19. The maximum absolute atomic E-state index is 13.4. The first-order chi connectivity index (χ1) is 6.89. The predicted molar refractivity (Wildman–Crippen MR) is 50.6 cm³/mol.